The molecular weight excluding hydrogens is 440 g/mol. The van der Waals surface area contributed by atoms with Crippen LogP contribution in [0.1, 0.15) is 86.0 Å². The number of aliphatic hydroxyl groups excluding tert-OH is 1. The van der Waals surface area contributed by atoms with Gasteiger partial charge in [-0.25, -0.2) is 0 Å². The van der Waals surface area contributed by atoms with E-state index in [0.29, 0.717) is 31.1 Å². The second-order valence-corrected chi connectivity index (χ2v) is 12.6. The van der Waals surface area contributed by atoms with Gasteiger partial charge >= 0.3 is 5.97 Å². The summed E-state index contributed by atoms with van der Waals surface area (Å²) in [5, 5.41) is 11.4. The summed E-state index contributed by atoms with van der Waals surface area (Å²) in [6, 6.07) is 0. The summed E-state index contributed by atoms with van der Waals surface area (Å²) in [6.45, 7) is 14.7. The zero-order chi connectivity index (χ0) is 25.9. The molecule has 1 N–H and O–H groups in total. The minimum Gasteiger partial charge on any atom is -0.469 e. The lowest BCUT2D eigenvalue weighted by atomic mass is 9.48. The first kappa shape index (κ1) is 26.3. The molecule has 0 aromatic heterocycles. The first-order chi connectivity index (χ1) is 16.4. The largest absolute Gasteiger partial charge is 0.469 e. The Kier molecular flexibility index (Phi) is 6.98. The number of allylic oxidation sites excluding steroid dienone is 1. The van der Waals surface area contributed by atoms with Crippen LogP contribution in [0, 0.1) is 46.3 Å². The quantitative estimate of drug-likeness (QED) is 0.400. The van der Waals surface area contributed by atoms with E-state index in [-0.39, 0.29) is 52.0 Å². The van der Waals surface area contributed by atoms with Crippen molar-refractivity contribution in [2.24, 2.45) is 46.3 Å². The summed E-state index contributed by atoms with van der Waals surface area (Å²) in [5.41, 5.74) is 2.34. The number of methoxy groups -OCH3 is 1. The number of rotatable bonds is 6. The fourth-order valence-electron chi connectivity index (χ4n) is 8.67. The lowest BCUT2D eigenvalue weighted by Crippen LogP contribution is -2.54. The number of aliphatic hydroxyl groups is 1. The second kappa shape index (κ2) is 9.28. The molecule has 0 saturated heterocycles. The van der Waals surface area contributed by atoms with Gasteiger partial charge in [0.15, 0.2) is 5.78 Å². The van der Waals surface area contributed by atoms with Gasteiger partial charge in [-0.2, -0.15) is 0 Å². The van der Waals surface area contributed by atoms with Crippen LogP contribution in [0.5, 0.6) is 0 Å². The number of ketones is 2. The van der Waals surface area contributed by atoms with Crippen LogP contribution in [0.3, 0.4) is 0 Å². The minimum atomic E-state index is -0.625. The number of carbonyl (C=O) groups excluding carboxylic acids is 3. The van der Waals surface area contributed by atoms with Crippen molar-refractivity contribution < 1.29 is 24.2 Å². The number of hydrogen-bond donors (Lipinski definition) is 1. The summed E-state index contributed by atoms with van der Waals surface area (Å²) in [4.78, 5) is 38.3. The van der Waals surface area contributed by atoms with Crippen LogP contribution in [0.15, 0.2) is 23.3 Å². The fourth-order valence-corrected chi connectivity index (χ4v) is 8.67. The topological polar surface area (TPSA) is 80.7 Å². The Balaban J connectivity index is 1.58. The second-order valence-electron chi connectivity index (χ2n) is 12.6. The van der Waals surface area contributed by atoms with Crippen LogP contribution in [-0.4, -0.2) is 35.9 Å². The number of hydrogen-bond acceptors (Lipinski definition) is 5. The summed E-state index contributed by atoms with van der Waals surface area (Å²) in [6.07, 6.45) is 5.50. The monoisotopic (exact) mass is 484 g/mol. The Bertz CT molecular complexity index is 962. The molecule has 4 aliphatic carbocycles. The predicted molar refractivity (Wildman–Crippen MR) is 135 cm³/mol. The molecule has 0 aromatic carbocycles. The average Bonchev–Trinajstić information content (AvgIpc) is 3.16. The molecule has 0 amide bonds. The molecule has 2 saturated carbocycles. The maximum Gasteiger partial charge on any atom is 0.312 e. The van der Waals surface area contributed by atoms with Gasteiger partial charge in [0.25, 0.3) is 0 Å². The van der Waals surface area contributed by atoms with Crippen LogP contribution in [0.2, 0.25) is 0 Å². The van der Waals surface area contributed by atoms with Gasteiger partial charge in [0.1, 0.15) is 5.78 Å². The Labute approximate surface area is 210 Å². The van der Waals surface area contributed by atoms with E-state index in [2.05, 4.69) is 27.4 Å². The summed E-state index contributed by atoms with van der Waals surface area (Å²) in [5.74, 6) is 0.864. The van der Waals surface area contributed by atoms with E-state index >= 15 is 0 Å². The molecule has 2 fully saturated rings. The van der Waals surface area contributed by atoms with Gasteiger partial charge in [0.05, 0.1) is 19.1 Å². The fraction of sp³-hybridized carbons (Fsp3) is 0.767. The highest BCUT2D eigenvalue weighted by Gasteiger charge is 2.61. The third kappa shape index (κ3) is 4.06. The van der Waals surface area contributed by atoms with E-state index in [4.69, 9.17) is 4.74 Å². The van der Waals surface area contributed by atoms with Crippen LogP contribution >= 0.6 is 0 Å². The number of esters is 1. The minimum absolute atomic E-state index is 0.0461. The van der Waals surface area contributed by atoms with Crippen LogP contribution in [0.25, 0.3) is 0 Å². The molecule has 5 nitrogen and oxygen atoms in total. The van der Waals surface area contributed by atoms with Crippen molar-refractivity contribution in [3.8, 4) is 0 Å². The van der Waals surface area contributed by atoms with Crippen molar-refractivity contribution in [3.05, 3.63) is 23.3 Å². The van der Waals surface area contributed by atoms with E-state index < -0.39 is 6.10 Å². The lowest BCUT2D eigenvalue weighted by molar-refractivity contribution is -0.143. The van der Waals surface area contributed by atoms with Crippen LogP contribution in [-0.2, 0) is 19.1 Å². The molecule has 4 aliphatic rings. The van der Waals surface area contributed by atoms with E-state index in [1.165, 1.54) is 7.11 Å². The van der Waals surface area contributed by atoms with Gasteiger partial charge in [0, 0.05) is 29.7 Å². The Morgan fingerprint density at radius 3 is 2.57 bits per heavy atom. The molecular formula is C30H44O5. The van der Waals surface area contributed by atoms with Gasteiger partial charge in [-0.15, -0.1) is 0 Å². The summed E-state index contributed by atoms with van der Waals surface area (Å²) in [7, 11) is 1.41. The SMILES string of the molecule is C=C(CCC(C)C1CCC2C3=C(C(=O)CC21C)C1(C)CCC(=O)C(C)C1CC3O)C(C)C(=O)OC. The maximum absolute atomic E-state index is 13.9. The molecule has 0 heterocycles. The molecule has 0 radical (unpaired) electrons. The molecule has 0 spiro atoms. The van der Waals surface area contributed by atoms with E-state index in [1.54, 1.807) is 0 Å². The zero-order valence-corrected chi connectivity index (χ0v) is 22.5. The smallest absolute Gasteiger partial charge is 0.312 e. The molecule has 194 valence electrons. The molecule has 9 atom stereocenters. The maximum atomic E-state index is 13.9. The Hall–Kier alpha value is -1.75. The van der Waals surface area contributed by atoms with Gasteiger partial charge in [0.2, 0.25) is 0 Å². The average molecular weight is 485 g/mol. The molecule has 0 aromatic rings. The number of Topliss-reactive ketones (excluding diaryl/α,β-unsaturated/α-hetero) is 2. The summed E-state index contributed by atoms with van der Waals surface area (Å²) < 4.78 is 4.87. The van der Waals surface area contributed by atoms with Crippen molar-refractivity contribution >= 4 is 17.5 Å². The van der Waals surface area contributed by atoms with E-state index in [9.17, 15) is 19.5 Å². The lowest BCUT2D eigenvalue weighted by Gasteiger charge is -2.55. The zero-order valence-electron chi connectivity index (χ0n) is 22.5. The Morgan fingerprint density at radius 1 is 1.23 bits per heavy atom. The molecule has 9 unspecified atom stereocenters. The van der Waals surface area contributed by atoms with Crippen molar-refractivity contribution in [1.82, 2.24) is 0 Å². The normalized spacial score (nSPS) is 40.5. The predicted octanol–water partition coefficient (Wildman–Crippen LogP) is 5.46. The standard InChI is InChI=1S/C30H44O5/c1-16(18(3)28(34)35-7)8-9-17(2)20-10-11-21-26-24(32)14-22-19(4)23(31)12-13-29(22,5)27(26)25(33)15-30(20,21)6/h17-22,24,32H,1,8-15H2,2-7H3. The van der Waals surface area contributed by atoms with Gasteiger partial charge in [-0.1, -0.05) is 39.8 Å². The van der Waals surface area contributed by atoms with E-state index in [1.807, 2.05) is 13.8 Å². The number of ether oxygens (including phenoxy) is 1. The Morgan fingerprint density at radius 2 is 1.91 bits per heavy atom. The third-order valence-corrected chi connectivity index (χ3v) is 10.9. The molecule has 0 bridgehead atoms. The molecule has 0 aliphatic heterocycles. The summed E-state index contributed by atoms with van der Waals surface area (Å²) >= 11 is 0. The number of fused-ring (bicyclic) bond motifs is 4. The van der Waals surface area contributed by atoms with Crippen molar-refractivity contribution in [1.29, 1.82) is 0 Å². The van der Waals surface area contributed by atoms with Crippen LogP contribution in [0.4, 0.5) is 0 Å². The highest BCUT2D eigenvalue weighted by molar-refractivity contribution is 6.00. The first-order valence-electron chi connectivity index (χ1n) is 13.6. The third-order valence-electron chi connectivity index (χ3n) is 10.9. The molecule has 4 rings (SSSR count). The highest BCUT2D eigenvalue weighted by atomic mass is 16.5. The first-order valence-corrected chi connectivity index (χ1v) is 13.6. The van der Waals surface area contributed by atoms with Crippen molar-refractivity contribution in [2.75, 3.05) is 7.11 Å². The highest BCUT2D eigenvalue weighted by Crippen LogP contribution is 2.65. The van der Waals surface area contributed by atoms with Crippen molar-refractivity contribution in [2.45, 2.75) is 92.1 Å². The molecule has 5 heteroatoms. The van der Waals surface area contributed by atoms with Crippen molar-refractivity contribution in [3.63, 3.8) is 0 Å². The number of carbonyl (C=O) groups is 3. The van der Waals surface area contributed by atoms with Gasteiger partial charge < -0.3 is 9.84 Å². The van der Waals surface area contributed by atoms with Crippen LogP contribution < -0.4 is 0 Å². The van der Waals surface area contributed by atoms with Gasteiger partial charge in [-0.05, 0) is 80.1 Å². The van der Waals surface area contributed by atoms with E-state index in [0.717, 1.165) is 48.8 Å². The molecule has 35 heavy (non-hydrogen) atoms. The van der Waals surface area contributed by atoms with Gasteiger partial charge in [-0.3, -0.25) is 14.4 Å².